The van der Waals surface area contributed by atoms with Gasteiger partial charge in [-0.1, -0.05) is 0 Å². The maximum atomic E-state index is 6.08. The first-order chi connectivity index (χ1) is 2.41. The van der Waals surface area contributed by atoms with Gasteiger partial charge in [0.1, 0.15) is 0 Å². The summed E-state index contributed by atoms with van der Waals surface area (Å²) < 4.78 is 0. The Labute approximate surface area is 31.8 Å². The highest BCUT2D eigenvalue weighted by Crippen LogP contribution is 1.17. The minimum Gasteiger partial charge on any atom is -0.317 e. The summed E-state index contributed by atoms with van der Waals surface area (Å²) in [7, 11) is 0. The summed E-state index contributed by atoms with van der Waals surface area (Å²) in [5.41, 5.74) is 0. The highest BCUT2D eigenvalue weighted by Gasteiger charge is 1.17. The fourth-order valence-corrected chi connectivity index (χ4v) is 0. The molecule has 0 rings (SSSR count). The van der Waals surface area contributed by atoms with Crippen LogP contribution >= 0.6 is 0 Å². The molecule has 0 heterocycles. The van der Waals surface area contributed by atoms with E-state index in [9.17, 15) is 0 Å². The third-order valence-electron chi connectivity index (χ3n) is 0. The van der Waals surface area contributed by atoms with E-state index >= 15 is 0 Å². The fourth-order valence-electron chi connectivity index (χ4n) is 0. The molecule has 0 spiro atoms. The van der Waals surface area contributed by atoms with E-state index in [0.29, 0.717) is 0 Å². The average Bonchev–Trinajstić information content (AvgIpc) is 1.46. The van der Waals surface area contributed by atoms with E-state index in [-0.39, 0.29) is 0 Å². The zero-order valence-electron chi connectivity index (χ0n) is 3.28. The zero-order chi connectivity index (χ0) is 4.71. The van der Waals surface area contributed by atoms with Crippen LogP contribution in [-0.2, 0) is 0 Å². The molecule has 0 aromatic carbocycles. The molecule has 0 aliphatic carbocycles. The molecule has 2 nitrogen and oxygen atoms in total. The van der Waals surface area contributed by atoms with Crippen LogP contribution < -0.4 is 0 Å². The van der Waals surface area contributed by atoms with Crippen LogP contribution in [0.2, 0.25) is 0 Å². The van der Waals surface area contributed by atoms with Crippen LogP contribution in [-0.4, -0.2) is 12.9 Å². The van der Waals surface area contributed by atoms with E-state index in [1.165, 1.54) is 6.21 Å². The van der Waals surface area contributed by atoms with Crippen LogP contribution in [0.5, 0.6) is 0 Å². The van der Waals surface area contributed by atoms with Gasteiger partial charge in [0.2, 0.25) is 0 Å². The molecule has 0 amide bonds. The number of nitrogens with one attached hydrogen (secondary N) is 2. The summed E-state index contributed by atoms with van der Waals surface area (Å²) in [6, 6.07) is 0. The summed E-state index contributed by atoms with van der Waals surface area (Å²) in [4.78, 5) is 0. The van der Waals surface area contributed by atoms with Crippen molar-refractivity contribution in [2.45, 2.75) is 6.92 Å². The Morgan fingerprint density at radius 2 is 1.60 bits per heavy atom. The standard InChI is InChI=1S/C2H5N.CH3N/c1-2-3;1-2/h2-3H,1H3;2H,1H2. The minimum atomic E-state index is 1.25. The molecule has 0 aromatic rings. The normalized spacial score (nSPS) is 3.40. The first kappa shape index (κ1) is 8.84. The predicted molar refractivity (Wildman–Crippen MR) is 24.3 cm³/mol. The molecule has 0 saturated heterocycles. The SMILES string of the molecule is C=N.CC=N. The maximum Gasteiger partial charge on any atom is -0.00788 e. The molecule has 0 aromatic heterocycles. The zero-order valence-corrected chi connectivity index (χ0v) is 3.28. The van der Waals surface area contributed by atoms with Crippen molar-refractivity contribution in [3.8, 4) is 0 Å². The molecule has 0 atom stereocenters. The van der Waals surface area contributed by atoms with Crippen LogP contribution in [0, 0.1) is 10.8 Å². The average molecular weight is 72.1 g/mol. The second-order valence-corrected chi connectivity index (χ2v) is 0.289. The first-order valence-corrected chi connectivity index (χ1v) is 1.22. The summed E-state index contributed by atoms with van der Waals surface area (Å²) in [5, 5.41) is 11.6. The lowest BCUT2D eigenvalue weighted by molar-refractivity contribution is 1.55. The van der Waals surface area contributed by atoms with Gasteiger partial charge in [0.15, 0.2) is 0 Å². The third-order valence-corrected chi connectivity index (χ3v) is 0. The van der Waals surface area contributed by atoms with Gasteiger partial charge in [-0.2, -0.15) is 0 Å². The topological polar surface area (TPSA) is 47.7 Å². The molecule has 0 unspecified atom stereocenters. The molecule has 2 heteroatoms. The Morgan fingerprint density at radius 3 is 1.60 bits per heavy atom. The first-order valence-electron chi connectivity index (χ1n) is 1.22. The predicted octanol–water partition coefficient (Wildman–Crippen LogP) is 0.922. The van der Waals surface area contributed by atoms with Crippen LogP contribution in [0.3, 0.4) is 0 Å². The molecule has 0 aliphatic heterocycles. The van der Waals surface area contributed by atoms with Gasteiger partial charge in [0.05, 0.1) is 0 Å². The molecule has 0 aliphatic rings. The van der Waals surface area contributed by atoms with Crippen molar-refractivity contribution in [3.63, 3.8) is 0 Å². The van der Waals surface area contributed by atoms with Crippen molar-refractivity contribution in [2.24, 2.45) is 0 Å². The van der Waals surface area contributed by atoms with Gasteiger partial charge in [-0.25, -0.2) is 0 Å². The van der Waals surface area contributed by atoms with Crippen molar-refractivity contribution < 1.29 is 0 Å². The lowest BCUT2D eigenvalue weighted by Gasteiger charge is -1.30. The molecular weight excluding hydrogens is 64.0 g/mol. The second-order valence-electron chi connectivity index (χ2n) is 0.289. The van der Waals surface area contributed by atoms with Crippen LogP contribution in [0.15, 0.2) is 0 Å². The maximum absolute atomic E-state index is 6.08. The summed E-state index contributed by atoms with van der Waals surface area (Å²) in [6.45, 7) is 4.17. The third kappa shape index (κ3) is 13.8. The quantitative estimate of drug-likeness (QED) is 0.400. The van der Waals surface area contributed by atoms with E-state index in [1.807, 2.05) is 0 Å². The summed E-state index contributed by atoms with van der Waals surface area (Å²) in [5.74, 6) is 0. The van der Waals surface area contributed by atoms with Gasteiger partial charge < -0.3 is 10.8 Å². The Balaban J connectivity index is 0. The monoisotopic (exact) mass is 72.1 g/mol. The largest absolute Gasteiger partial charge is 0.317 e. The van der Waals surface area contributed by atoms with Crippen molar-refractivity contribution in [2.75, 3.05) is 0 Å². The highest BCUT2D eigenvalue weighted by molar-refractivity contribution is 5.48. The summed E-state index contributed by atoms with van der Waals surface area (Å²) >= 11 is 0. The van der Waals surface area contributed by atoms with Crippen molar-refractivity contribution >= 4 is 12.9 Å². The molecule has 0 radical (unpaired) electrons. The van der Waals surface area contributed by atoms with Gasteiger partial charge in [-0.3, -0.25) is 0 Å². The molecule has 5 heavy (non-hydrogen) atoms. The lowest BCUT2D eigenvalue weighted by Crippen LogP contribution is -1.32. The number of hydrogen-bond donors (Lipinski definition) is 2. The van der Waals surface area contributed by atoms with Crippen molar-refractivity contribution in [1.82, 2.24) is 0 Å². The van der Waals surface area contributed by atoms with E-state index in [0.717, 1.165) is 0 Å². The van der Waals surface area contributed by atoms with Gasteiger partial charge in [-0.15, -0.1) is 0 Å². The number of hydrogen-bond acceptors (Lipinski definition) is 2. The Kier molecular flexibility index (Phi) is 280. The van der Waals surface area contributed by atoms with Gasteiger partial charge >= 0.3 is 0 Å². The summed E-state index contributed by atoms with van der Waals surface area (Å²) in [6.07, 6.45) is 1.25. The molecule has 0 bridgehead atoms. The Morgan fingerprint density at radius 1 is 1.60 bits per heavy atom. The van der Waals surface area contributed by atoms with Crippen molar-refractivity contribution in [3.05, 3.63) is 0 Å². The van der Waals surface area contributed by atoms with Gasteiger partial charge in [0, 0.05) is 0 Å². The lowest BCUT2D eigenvalue weighted by atomic mass is 10.9. The smallest absolute Gasteiger partial charge is 0.00788 e. The molecular formula is C3H8N2. The molecule has 0 fully saturated rings. The molecule has 2 N–H and O–H groups in total. The van der Waals surface area contributed by atoms with Crippen molar-refractivity contribution in [1.29, 1.82) is 10.8 Å². The number of rotatable bonds is 0. The Bertz CT molecular complexity index is 18.9. The van der Waals surface area contributed by atoms with E-state index < -0.39 is 0 Å². The van der Waals surface area contributed by atoms with Gasteiger partial charge in [0.25, 0.3) is 0 Å². The minimum absolute atomic E-state index is 1.25. The van der Waals surface area contributed by atoms with Crippen LogP contribution in [0.4, 0.5) is 0 Å². The highest BCUT2D eigenvalue weighted by atomic mass is 14.3. The van der Waals surface area contributed by atoms with Crippen LogP contribution in [0.1, 0.15) is 6.92 Å². The van der Waals surface area contributed by atoms with Gasteiger partial charge in [-0.05, 0) is 19.9 Å². The van der Waals surface area contributed by atoms with Crippen LogP contribution in [0.25, 0.3) is 0 Å². The van der Waals surface area contributed by atoms with E-state index in [4.69, 9.17) is 10.8 Å². The fraction of sp³-hybridized carbons (Fsp3) is 0.333. The Hall–Kier alpha value is -0.660. The second kappa shape index (κ2) is 158. The molecule has 30 valence electrons. The molecule has 0 saturated carbocycles. The van der Waals surface area contributed by atoms with E-state index in [1.54, 1.807) is 6.92 Å². The van der Waals surface area contributed by atoms with E-state index in [2.05, 4.69) is 6.72 Å².